The maximum Gasteiger partial charge on any atom is 0.130 e. The summed E-state index contributed by atoms with van der Waals surface area (Å²) < 4.78 is 11.5. The fourth-order valence-corrected chi connectivity index (χ4v) is 2.52. The minimum Gasteiger partial charge on any atom is -0.457 e. The smallest absolute Gasteiger partial charge is 0.130 e. The van der Waals surface area contributed by atoms with Crippen LogP contribution >= 0.6 is 0 Å². The Bertz CT molecular complexity index is 784. The van der Waals surface area contributed by atoms with Gasteiger partial charge in [-0.2, -0.15) is 0 Å². The lowest BCUT2D eigenvalue weighted by Crippen LogP contribution is -2.14. The minimum absolute atomic E-state index is 0.145. The van der Waals surface area contributed by atoms with Crippen LogP contribution in [0.25, 0.3) is 0 Å². The molecule has 1 atom stereocenters. The minimum atomic E-state index is -0.145. The van der Waals surface area contributed by atoms with Gasteiger partial charge in [-0.15, -0.1) is 6.58 Å². The van der Waals surface area contributed by atoms with Crippen LogP contribution in [0.4, 0.5) is 5.69 Å². The summed E-state index contributed by atoms with van der Waals surface area (Å²) in [6.45, 7) is 10.9. The summed E-state index contributed by atoms with van der Waals surface area (Å²) in [6, 6.07) is 12.0. The van der Waals surface area contributed by atoms with E-state index in [1.165, 1.54) is 0 Å². The molecule has 0 aliphatic rings. The fraction of sp³-hybridized carbons (Fsp3) is 0.318. The Morgan fingerprint density at radius 1 is 1.19 bits per heavy atom. The molecule has 0 bridgehead atoms. The maximum absolute atomic E-state index is 6.12. The van der Waals surface area contributed by atoms with Crippen molar-refractivity contribution in [3.05, 3.63) is 65.7 Å². The van der Waals surface area contributed by atoms with Gasteiger partial charge in [-0.3, -0.25) is 0 Å². The molecule has 0 aromatic heterocycles. The third kappa shape index (κ3) is 4.96. The van der Waals surface area contributed by atoms with Crippen molar-refractivity contribution in [3.8, 4) is 11.5 Å². The first-order chi connectivity index (χ1) is 12.5. The van der Waals surface area contributed by atoms with Crippen molar-refractivity contribution < 1.29 is 9.47 Å². The van der Waals surface area contributed by atoms with Gasteiger partial charge < -0.3 is 14.4 Å². The molecule has 0 aliphatic carbocycles. The predicted octanol–water partition coefficient (Wildman–Crippen LogP) is 5.58. The van der Waals surface area contributed by atoms with Crippen molar-refractivity contribution in [2.24, 2.45) is 4.99 Å². The molecule has 0 radical (unpaired) electrons. The molecule has 0 N–H and O–H groups in total. The summed E-state index contributed by atoms with van der Waals surface area (Å²) in [4.78, 5) is 6.60. The largest absolute Gasteiger partial charge is 0.457 e. The van der Waals surface area contributed by atoms with E-state index < -0.39 is 0 Å². The first-order valence-corrected chi connectivity index (χ1v) is 8.77. The summed E-state index contributed by atoms with van der Waals surface area (Å²) in [5.41, 5.74) is 4.08. The van der Waals surface area contributed by atoms with E-state index in [1.54, 1.807) is 13.2 Å². The lowest BCUT2D eigenvalue weighted by atomic mass is 10.1. The molecule has 0 fully saturated rings. The van der Waals surface area contributed by atoms with E-state index in [2.05, 4.69) is 24.6 Å². The van der Waals surface area contributed by atoms with Gasteiger partial charge in [0.15, 0.2) is 0 Å². The summed E-state index contributed by atoms with van der Waals surface area (Å²) in [7, 11) is 3.68. The third-order valence-corrected chi connectivity index (χ3v) is 4.27. The molecular formula is C22H28N2O2. The van der Waals surface area contributed by atoms with Crippen molar-refractivity contribution in [2.75, 3.05) is 20.7 Å². The van der Waals surface area contributed by atoms with Crippen molar-refractivity contribution in [2.45, 2.75) is 26.9 Å². The van der Waals surface area contributed by atoms with Crippen LogP contribution in [-0.2, 0) is 4.74 Å². The van der Waals surface area contributed by atoms with Crippen molar-refractivity contribution >= 4 is 12.0 Å². The van der Waals surface area contributed by atoms with Gasteiger partial charge in [0, 0.05) is 20.7 Å². The Labute approximate surface area is 156 Å². The van der Waals surface area contributed by atoms with Crippen LogP contribution in [-0.4, -0.2) is 31.9 Å². The van der Waals surface area contributed by atoms with Crippen LogP contribution in [0.1, 0.15) is 29.7 Å². The number of ether oxygens (including phenoxy) is 2. The fourth-order valence-electron chi connectivity index (χ4n) is 2.52. The number of rotatable bonds is 8. The van der Waals surface area contributed by atoms with Crippen molar-refractivity contribution in [3.63, 3.8) is 0 Å². The van der Waals surface area contributed by atoms with E-state index >= 15 is 0 Å². The van der Waals surface area contributed by atoms with E-state index in [0.29, 0.717) is 0 Å². The maximum atomic E-state index is 6.12. The number of nitrogens with zero attached hydrogens (tertiary/aromatic N) is 2. The molecule has 0 saturated heterocycles. The van der Waals surface area contributed by atoms with Crippen LogP contribution in [0, 0.1) is 13.8 Å². The van der Waals surface area contributed by atoms with E-state index in [0.717, 1.165) is 40.4 Å². The van der Waals surface area contributed by atoms with Crippen molar-refractivity contribution in [1.29, 1.82) is 0 Å². The van der Waals surface area contributed by atoms with Gasteiger partial charge in [-0.1, -0.05) is 18.2 Å². The molecule has 4 nitrogen and oxygen atoms in total. The number of methoxy groups -OCH3 is 1. The second-order valence-corrected chi connectivity index (χ2v) is 6.29. The van der Waals surface area contributed by atoms with Gasteiger partial charge >= 0.3 is 0 Å². The van der Waals surface area contributed by atoms with E-state index in [9.17, 15) is 0 Å². The molecule has 4 heteroatoms. The van der Waals surface area contributed by atoms with Gasteiger partial charge in [0.25, 0.3) is 0 Å². The van der Waals surface area contributed by atoms with E-state index in [-0.39, 0.29) is 6.10 Å². The number of aliphatic imine (C=N–C) groups is 1. The Morgan fingerprint density at radius 3 is 2.62 bits per heavy atom. The Hall–Kier alpha value is -2.59. The highest BCUT2D eigenvalue weighted by atomic mass is 16.5. The molecule has 0 saturated carbocycles. The zero-order chi connectivity index (χ0) is 19.1. The average molecular weight is 352 g/mol. The molecule has 1 unspecified atom stereocenters. The summed E-state index contributed by atoms with van der Waals surface area (Å²) >= 11 is 0. The van der Waals surface area contributed by atoms with Crippen LogP contribution in [0.15, 0.2) is 54.0 Å². The quantitative estimate of drug-likeness (QED) is 0.353. The molecular weight excluding hydrogens is 324 g/mol. The standard InChI is InChI=1S/C22H28N2O2/c1-7-21(25-6)18-10-9-11-19(14-18)26-22-13-16(3)20(12-17(22)4)23-15-24(5)8-2/h7,9-15,21H,1,8H2,2-6H3/b23-15+. The molecule has 0 spiro atoms. The Kier molecular flexibility index (Phi) is 6.98. The molecule has 2 aromatic rings. The van der Waals surface area contributed by atoms with Crippen LogP contribution in [0.3, 0.4) is 0 Å². The van der Waals surface area contributed by atoms with Gasteiger partial charge in [0.2, 0.25) is 0 Å². The van der Waals surface area contributed by atoms with Gasteiger partial charge in [0.05, 0.1) is 12.0 Å². The van der Waals surface area contributed by atoms with Crippen molar-refractivity contribution in [1.82, 2.24) is 4.90 Å². The van der Waals surface area contributed by atoms with Gasteiger partial charge in [-0.25, -0.2) is 4.99 Å². The second-order valence-electron chi connectivity index (χ2n) is 6.29. The second kappa shape index (κ2) is 9.20. The Balaban J connectivity index is 2.25. The van der Waals surface area contributed by atoms with E-state index in [1.807, 2.05) is 62.5 Å². The average Bonchev–Trinajstić information content (AvgIpc) is 2.64. The molecule has 2 aromatic carbocycles. The lowest BCUT2D eigenvalue weighted by Gasteiger charge is -2.15. The zero-order valence-electron chi connectivity index (χ0n) is 16.3. The summed E-state index contributed by atoms with van der Waals surface area (Å²) in [6.07, 6.45) is 3.48. The molecule has 138 valence electrons. The molecule has 0 aliphatic heterocycles. The SMILES string of the molecule is C=CC(OC)c1cccc(Oc2cc(C)c(/N=C/N(C)CC)cc2C)c1. The number of aryl methyl sites for hydroxylation is 2. The summed E-state index contributed by atoms with van der Waals surface area (Å²) in [5.74, 6) is 1.60. The first-order valence-electron chi connectivity index (χ1n) is 8.77. The van der Waals surface area contributed by atoms with Gasteiger partial charge in [0.1, 0.15) is 17.6 Å². The highest BCUT2D eigenvalue weighted by Gasteiger charge is 2.10. The monoisotopic (exact) mass is 352 g/mol. The molecule has 0 amide bonds. The normalized spacial score (nSPS) is 12.2. The van der Waals surface area contributed by atoms with E-state index in [4.69, 9.17) is 9.47 Å². The summed E-state index contributed by atoms with van der Waals surface area (Å²) in [5, 5.41) is 0. The first kappa shape index (κ1) is 19.7. The molecule has 2 rings (SSSR count). The number of benzene rings is 2. The predicted molar refractivity (Wildman–Crippen MR) is 109 cm³/mol. The molecule has 26 heavy (non-hydrogen) atoms. The third-order valence-electron chi connectivity index (χ3n) is 4.27. The van der Waals surface area contributed by atoms with Gasteiger partial charge in [-0.05, 0) is 61.7 Å². The highest BCUT2D eigenvalue weighted by Crippen LogP contribution is 2.32. The zero-order valence-corrected chi connectivity index (χ0v) is 16.3. The van der Waals surface area contributed by atoms with Crippen LogP contribution in [0.5, 0.6) is 11.5 Å². The highest BCUT2D eigenvalue weighted by molar-refractivity contribution is 5.64. The van der Waals surface area contributed by atoms with Crippen LogP contribution in [0.2, 0.25) is 0 Å². The Morgan fingerprint density at radius 2 is 1.96 bits per heavy atom. The lowest BCUT2D eigenvalue weighted by molar-refractivity contribution is 0.143. The number of hydrogen-bond acceptors (Lipinski definition) is 3. The number of hydrogen-bond donors (Lipinski definition) is 0. The topological polar surface area (TPSA) is 34.1 Å². The molecule has 0 heterocycles. The van der Waals surface area contributed by atoms with Crippen LogP contribution < -0.4 is 4.74 Å².